The van der Waals surface area contributed by atoms with Crippen molar-refractivity contribution in [2.45, 2.75) is 137 Å². The first-order chi connectivity index (χ1) is 19.1. The molecular weight excluding hydrogens is 498 g/mol. The minimum atomic E-state index is 0.00671. The molecule has 40 heavy (non-hydrogen) atoms. The van der Waals surface area contributed by atoms with Crippen LogP contribution in [0.3, 0.4) is 0 Å². The van der Waals surface area contributed by atoms with E-state index < -0.39 is 0 Å². The highest BCUT2D eigenvalue weighted by Gasteiger charge is 2.63. The number of unbranched alkanes of at least 4 members (excludes halogenated alkanes) is 2. The van der Waals surface area contributed by atoms with Gasteiger partial charge in [-0.3, -0.25) is 9.59 Å². The summed E-state index contributed by atoms with van der Waals surface area (Å²) in [5.41, 5.74) is 3.68. The topological polar surface area (TPSA) is 64.6 Å². The summed E-state index contributed by atoms with van der Waals surface area (Å²) < 4.78 is 12.7. The van der Waals surface area contributed by atoms with E-state index >= 15 is 0 Å². The van der Waals surface area contributed by atoms with Gasteiger partial charge in [-0.2, -0.15) is 0 Å². The molecule has 0 bridgehead atoms. The minimum absolute atomic E-state index is 0.00671. The Kier molecular flexibility index (Phi) is 8.79. The van der Waals surface area contributed by atoms with Crippen LogP contribution in [0.5, 0.6) is 0 Å². The molecule has 1 heterocycles. The number of carbonyl (C=O) groups excluding carboxylic acids is 2. The van der Waals surface area contributed by atoms with Gasteiger partial charge in [0.05, 0.1) is 5.76 Å². The maximum absolute atomic E-state index is 12.4. The lowest BCUT2D eigenvalue weighted by molar-refractivity contribution is -0.151. The van der Waals surface area contributed by atoms with Crippen molar-refractivity contribution in [2.24, 2.45) is 40.4 Å². The van der Waals surface area contributed by atoms with Gasteiger partial charge in [0.15, 0.2) is 0 Å². The lowest BCUT2D eigenvalue weighted by Crippen LogP contribution is -2.50. The lowest BCUT2D eigenvalue weighted by Gasteiger charge is -2.58. The van der Waals surface area contributed by atoms with E-state index in [0.29, 0.717) is 29.8 Å². The summed E-state index contributed by atoms with van der Waals surface area (Å²) in [5.74, 6) is 4.51. The van der Waals surface area contributed by atoms with Crippen molar-refractivity contribution in [3.63, 3.8) is 0 Å². The molecule has 1 aliphatic heterocycles. The highest BCUT2D eigenvalue weighted by molar-refractivity contribution is 5.72. The monoisotopic (exact) mass is 553 g/mol. The zero-order valence-electron chi connectivity index (χ0n) is 26.2. The molecule has 5 aliphatic rings. The molecule has 0 saturated heterocycles. The van der Waals surface area contributed by atoms with Crippen LogP contribution in [0.1, 0.15) is 125 Å². The van der Waals surface area contributed by atoms with Crippen LogP contribution in [0.2, 0.25) is 0 Å². The van der Waals surface area contributed by atoms with Gasteiger partial charge in [0.2, 0.25) is 5.91 Å². The summed E-state index contributed by atoms with van der Waals surface area (Å²) in [7, 11) is 0. The fourth-order valence-electron chi connectivity index (χ4n) is 9.87. The first-order valence-corrected chi connectivity index (χ1v) is 16.6. The number of nitrogens with one attached hydrogen (secondary N) is 1. The summed E-state index contributed by atoms with van der Waals surface area (Å²) in [4.78, 5) is 23.7. The standard InChI is InChI=1S/C35H55NO4/c1-7-8-9-10-32(38)39-26-15-17-34(5)25(19-26)12-13-27-28(34)16-18-35(6)29(27)20-31-33(35)23(3)30(40-31)14-11-22(2)21-36-24(4)37/h12,22,26-29,31,33H,7-11,13-21H2,1-6H3,(H,36,37)/t22-,26+,27-,28+,29-,31-,33-,34-,35-/m0/s1. The molecule has 224 valence electrons. The van der Waals surface area contributed by atoms with Crippen LogP contribution in [0.4, 0.5) is 0 Å². The van der Waals surface area contributed by atoms with Crippen LogP contribution in [0.25, 0.3) is 0 Å². The molecule has 0 aromatic heterocycles. The zero-order chi connectivity index (χ0) is 28.7. The molecule has 5 heteroatoms. The summed E-state index contributed by atoms with van der Waals surface area (Å²) >= 11 is 0. The third kappa shape index (κ3) is 5.52. The third-order valence-corrected chi connectivity index (χ3v) is 12.1. The molecule has 5 rings (SSSR count). The number of hydrogen-bond donors (Lipinski definition) is 1. The minimum Gasteiger partial charge on any atom is -0.494 e. The van der Waals surface area contributed by atoms with Crippen LogP contribution < -0.4 is 5.32 Å². The van der Waals surface area contributed by atoms with E-state index in [4.69, 9.17) is 9.47 Å². The highest BCUT2D eigenvalue weighted by atomic mass is 16.5. The predicted molar refractivity (Wildman–Crippen MR) is 159 cm³/mol. The van der Waals surface area contributed by atoms with Crippen molar-refractivity contribution < 1.29 is 19.1 Å². The second kappa shape index (κ2) is 11.8. The SMILES string of the molecule is CCCCCC(=O)O[C@@H]1CC[C@@]2(C)C(=CC[C@H]3[C@H]2CC[C@@]2(C)[C@H]3C[C@@H]3OC(CC[C@H](C)CNC(C)=O)=C(C)[C@@H]32)C1. The van der Waals surface area contributed by atoms with Crippen molar-refractivity contribution in [1.29, 1.82) is 0 Å². The Labute approximate surface area is 243 Å². The van der Waals surface area contributed by atoms with Crippen LogP contribution in [-0.2, 0) is 19.1 Å². The van der Waals surface area contributed by atoms with E-state index in [1.54, 1.807) is 12.5 Å². The average Bonchev–Trinajstić information content (AvgIpc) is 3.39. The summed E-state index contributed by atoms with van der Waals surface area (Å²) in [6, 6.07) is 0. The van der Waals surface area contributed by atoms with E-state index in [1.165, 1.54) is 37.0 Å². The number of amides is 1. The number of rotatable bonds is 10. The molecule has 4 aliphatic carbocycles. The lowest BCUT2D eigenvalue weighted by atomic mass is 9.47. The van der Waals surface area contributed by atoms with E-state index in [0.717, 1.165) is 75.7 Å². The smallest absolute Gasteiger partial charge is 0.306 e. The van der Waals surface area contributed by atoms with Crippen molar-refractivity contribution in [1.82, 2.24) is 5.32 Å². The second-order valence-electron chi connectivity index (χ2n) is 14.7. The number of esters is 1. The van der Waals surface area contributed by atoms with Crippen LogP contribution in [0, 0.1) is 40.4 Å². The molecule has 0 aromatic carbocycles. The molecule has 5 nitrogen and oxygen atoms in total. The Balaban J connectivity index is 1.23. The van der Waals surface area contributed by atoms with Gasteiger partial charge >= 0.3 is 5.97 Å². The van der Waals surface area contributed by atoms with Gasteiger partial charge < -0.3 is 14.8 Å². The Morgan fingerprint density at radius 3 is 2.73 bits per heavy atom. The van der Waals surface area contributed by atoms with Gasteiger partial charge in [-0.25, -0.2) is 0 Å². The van der Waals surface area contributed by atoms with Crippen molar-refractivity contribution >= 4 is 11.9 Å². The molecule has 1 amide bonds. The second-order valence-corrected chi connectivity index (χ2v) is 14.7. The largest absolute Gasteiger partial charge is 0.494 e. The molecule has 0 aromatic rings. The number of carbonyl (C=O) groups is 2. The molecule has 1 N–H and O–H groups in total. The normalized spacial score (nSPS) is 38.8. The fraction of sp³-hybridized carbons (Fsp3) is 0.829. The van der Waals surface area contributed by atoms with Crippen molar-refractivity contribution in [2.75, 3.05) is 6.54 Å². The Bertz CT molecular complexity index is 1030. The van der Waals surface area contributed by atoms with E-state index in [1.807, 2.05) is 0 Å². The van der Waals surface area contributed by atoms with Gasteiger partial charge in [0.1, 0.15) is 12.2 Å². The van der Waals surface area contributed by atoms with Crippen molar-refractivity contribution in [3.05, 3.63) is 23.0 Å². The fourth-order valence-corrected chi connectivity index (χ4v) is 9.87. The zero-order valence-corrected chi connectivity index (χ0v) is 26.2. The van der Waals surface area contributed by atoms with Gasteiger partial charge in [-0.15, -0.1) is 0 Å². The van der Waals surface area contributed by atoms with Crippen LogP contribution >= 0.6 is 0 Å². The molecule has 3 fully saturated rings. The summed E-state index contributed by atoms with van der Waals surface area (Å²) in [6.07, 6.45) is 16.9. The van der Waals surface area contributed by atoms with Gasteiger partial charge in [0.25, 0.3) is 0 Å². The van der Waals surface area contributed by atoms with E-state index in [2.05, 4.69) is 46.0 Å². The maximum atomic E-state index is 12.4. The number of hydrogen-bond acceptors (Lipinski definition) is 4. The number of ether oxygens (including phenoxy) is 2. The number of fused-ring (bicyclic) bond motifs is 7. The Morgan fingerprint density at radius 1 is 1.18 bits per heavy atom. The Morgan fingerprint density at radius 2 is 1.98 bits per heavy atom. The van der Waals surface area contributed by atoms with Gasteiger partial charge in [0, 0.05) is 38.6 Å². The third-order valence-electron chi connectivity index (χ3n) is 12.1. The summed E-state index contributed by atoms with van der Waals surface area (Å²) in [5, 5.41) is 2.96. The highest BCUT2D eigenvalue weighted by Crippen LogP contribution is 2.69. The van der Waals surface area contributed by atoms with Gasteiger partial charge in [-0.05, 0) is 98.4 Å². The molecule has 9 atom stereocenters. The Hall–Kier alpha value is -1.78. The molecule has 0 spiro atoms. The van der Waals surface area contributed by atoms with E-state index in [9.17, 15) is 9.59 Å². The molecule has 0 unspecified atom stereocenters. The van der Waals surface area contributed by atoms with Crippen LogP contribution in [-0.4, -0.2) is 30.6 Å². The van der Waals surface area contributed by atoms with E-state index in [-0.39, 0.29) is 23.4 Å². The quantitative estimate of drug-likeness (QED) is 0.170. The molecule has 0 radical (unpaired) electrons. The first kappa shape index (κ1) is 29.7. The number of allylic oxidation sites excluding steroid dienone is 2. The predicted octanol–water partition coefficient (Wildman–Crippen LogP) is 7.89. The maximum Gasteiger partial charge on any atom is 0.306 e. The first-order valence-electron chi connectivity index (χ1n) is 16.6. The summed E-state index contributed by atoms with van der Waals surface area (Å²) in [6.45, 7) is 14.2. The molecular formula is C35H55NO4. The molecule has 3 saturated carbocycles. The van der Waals surface area contributed by atoms with Crippen molar-refractivity contribution in [3.8, 4) is 0 Å². The van der Waals surface area contributed by atoms with Crippen LogP contribution in [0.15, 0.2) is 23.0 Å². The average molecular weight is 554 g/mol. The van der Waals surface area contributed by atoms with Gasteiger partial charge in [-0.1, -0.05) is 52.2 Å².